The van der Waals surface area contributed by atoms with Crippen LogP contribution in [0.5, 0.6) is 5.75 Å². The van der Waals surface area contributed by atoms with E-state index in [1.807, 2.05) is 30.3 Å². The van der Waals surface area contributed by atoms with Crippen LogP contribution in [0.2, 0.25) is 5.02 Å². The Morgan fingerprint density at radius 2 is 1.90 bits per heavy atom. The summed E-state index contributed by atoms with van der Waals surface area (Å²) in [4.78, 5) is 0. The maximum absolute atomic E-state index is 5.98. The first-order chi connectivity index (χ1) is 10.1. The van der Waals surface area contributed by atoms with Gasteiger partial charge in [-0.25, -0.2) is 0 Å². The zero-order valence-electron chi connectivity index (χ0n) is 12.2. The van der Waals surface area contributed by atoms with E-state index in [0.717, 1.165) is 33.1 Å². The van der Waals surface area contributed by atoms with E-state index < -0.39 is 0 Å². The molecule has 4 heteroatoms. The molecule has 1 N–H and O–H groups in total. The topological polar surface area (TPSA) is 21.3 Å². The van der Waals surface area contributed by atoms with Crippen molar-refractivity contribution in [2.45, 2.75) is 26.3 Å². The number of rotatable bonds is 6. The predicted molar refractivity (Wildman–Crippen MR) is 98.4 cm³/mol. The molecule has 0 amide bonds. The number of nitrogens with one attached hydrogen (secondary N) is 1. The van der Waals surface area contributed by atoms with Crippen LogP contribution in [0.1, 0.15) is 31.9 Å². The molecule has 1 atom stereocenters. The maximum atomic E-state index is 5.98. The van der Waals surface area contributed by atoms with Gasteiger partial charge in [-0.2, -0.15) is 0 Å². The first kappa shape index (κ1) is 16.4. The van der Waals surface area contributed by atoms with Gasteiger partial charge in [-0.3, -0.25) is 0 Å². The summed E-state index contributed by atoms with van der Waals surface area (Å²) < 4.78 is 6.72. The van der Waals surface area contributed by atoms with Gasteiger partial charge in [0.15, 0.2) is 0 Å². The second-order valence-electron chi connectivity index (χ2n) is 4.91. The molecule has 0 aromatic heterocycles. The van der Waals surface area contributed by atoms with Crippen molar-refractivity contribution < 1.29 is 4.74 Å². The Morgan fingerprint density at radius 1 is 1.19 bits per heavy atom. The lowest BCUT2D eigenvalue weighted by molar-refractivity contribution is 0.317. The summed E-state index contributed by atoms with van der Waals surface area (Å²) in [5.74, 6) is 0.925. The van der Waals surface area contributed by atoms with Gasteiger partial charge in [0, 0.05) is 20.3 Å². The zero-order chi connectivity index (χ0) is 15.2. The van der Waals surface area contributed by atoms with Crippen LogP contribution in [0.25, 0.3) is 0 Å². The number of hydrogen-bond donors (Lipinski definition) is 1. The van der Waals surface area contributed by atoms with Gasteiger partial charge in [0.2, 0.25) is 0 Å². The summed E-state index contributed by atoms with van der Waals surface area (Å²) >= 11 is 8.28. The summed E-state index contributed by atoms with van der Waals surface area (Å²) in [6.45, 7) is 5.01. The highest BCUT2D eigenvalue weighted by molar-refractivity contribution is 14.1. The molecule has 0 radical (unpaired) electrons. The van der Waals surface area contributed by atoms with Crippen LogP contribution in [-0.2, 0) is 0 Å². The molecule has 2 rings (SSSR count). The molecule has 0 saturated heterocycles. The molecule has 0 saturated carbocycles. The fraction of sp³-hybridized carbons (Fsp3) is 0.294. The van der Waals surface area contributed by atoms with E-state index in [4.69, 9.17) is 16.3 Å². The lowest BCUT2D eigenvalue weighted by Gasteiger charge is -2.17. The predicted octanol–water partition coefficient (Wildman–Crippen LogP) is 5.91. The first-order valence-electron chi connectivity index (χ1n) is 7.04. The van der Waals surface area contributed by atoms with Crippen molar-refractivity contribution in [3.05, 3.63) is 56.6 Å². The normalized spacial score (nSPS) is 12.0. The molecule has 0 bridgehead atoms. The van der Waals surface area contributed by atoms with Crippen LogP contribution in [0.4, 0.5) is 5.69 Å². The van der Waals surface area contributed by atoms with E-state index in [2.05, 4.69) is 53.9 Å². The van der Waals surface area contributed by atoms with Gasteiger partial charge in [-0.1, -0.05) is 30.7 Å². The summed E-state index contributed by atoms with van der Waals surface area (Å²) in [5, 5.41) is 4.27. The van der Waals surface area contributed by atoms with E-state index in [1.54, 1.807) is 0 Å². The van der Waals surface area contributed by atoms with Crippen molar-refractivity contribution in [1.82, 2.24) is 0 Å². The third-order valence-corrected chi connectivity index (χ3v) is 4.28. The summed E-state index contributed by atoms with van der Waals surface area (Å²) in [5.41, 5.74) is 2.32. The number of benzene rings is 2. The van der Waals surface area contributed by atoms with E-state index in [-0.39, 0.29) is 6.04 Å². The molecule has 2 nitrogen and oxygen atoms in total. The molecule has 1 unspecified atom stereocenters. The van der Waals surface area contributed by atoms with Gasteiger partial charge in [0.25, 0.3) is 0 Å². The van der Waals surface area contributed by atoms with Crippen LogP contribution in [0.15, 0.2) is 42.5 Å². The second-order valence-corrected chi connectivity index (χ2v) is 6.51. The molecule has 0 heterocycles. The van der Waals surface area contributed by atoms with Crippen LogP contribution >= 0.6 is 34.2 Å². The van der Waals surface area contributed by atoms with E-state index in [9.17, 15) is 0 Å². The molecule has 0 aliphatic rings. The van der Waals surface area contributed by atoms with Gasteiger partial charge in [-0.15, -0.1) is 0 Å². The number of ether oxygens (including phenoxy) is 1. The molecule has 112 valence electrons. The number of hydrogen-bond acceptors (Lipinski definition) is 2. The smallest absolute Gasteiger partial charge is 0.119 e. The van der Waals surface area contributed by atoms with Crippen molar-refractivity contribution in [3.8, 4) is 5.75 Å². The van der Waals surface area contributed by atoms with Crippen LogP contribution in [-0.4, -0.2) is 6.61 Å². The molecule has 2 aromatic rings. The Bertz CT molecular complexity index is 586. The van der Waals surface area contributed by atoms with Crippen molar-refractivity contribution >= 4 is 39.9 Å². The van der Waals surface area contributed by atoms with E-state index in [0.29, 0.717) is 0 Å². The molecule has 21 heavy (non-hydrogen) atoms. The van der Waals surface area contributed by atoms with Gasteiger partial charge >= 0.3 is 0 Å². The monoisotopic (exact) mass is 415 g/mol. The zero-order valence-corrected chi connectivity index (χ0v) is 15.1. The van der Waals surface area contributed by atoms with Crippen molar-refractivity contribution in [2.24, 2.45) is 0 Å². The third-order valence-electron chi connectivity index (χ3n) is 3.16. The van der Waals surface area contributed by atoms with Gasteiger partial charge in [0.05, 0.1) is 6.61 Å². The minimum atomic E-state index is 0.222. The highest BCUT2D eigenvalue weighted by Gasteiger charge is 2.08. The highest BCUT2D eigenvalue weighted by Crippen LogP contribution is 2.27. The average Bonchev–Trinajstić information content (AvgIpc) is 2.48. The Morgan fingerprint density at radius 3 is 2.52 bits per heavy atom. The van der Waals surface area contributed by atoms with Crippen LogP contribution in [0, 0.1) is 3.57 Å². The van der Waals surface area contributed by atoms with Gasteiger partial charge in [0.1, 0.15) is 5.75 Å². The highest BCUT2D eigenvalue weighted by atomic mass is 127. The minimum Gasteiger partial charge on any atom is -0.494 e. The Labute approximate surface area is 145 Å². The van der Waals surface area contributed by atoms with Crippen molar-refractivity contribution in [3.63, 3.8) is 0 Å². The summed E-state index contributed by atoms with van der Waals surface area (Å²) in [6.07, 6.45) is 1.02. The quantitative estimate of drug-likeness (QED) is 0.593. The van der Waals surface area contributed by atoms with E-state index in [1.165, 1.54) is 5.56 Å². The molecule has 2 aromatic carbocycles. The summed E-state index contributed by atoms with van der Waals surface area (Å²) in [6, 6.07) is 14.3. The largest absolute Gasteiger partial charge is 0.494 e. The molecule has 0 spiro atoms. The fourth-order valence-electron chi connectivity index (χ4n) is 2.00. The molecule has 0 aliphatic carbocycles. The Balaban J connectivity index is 2.04. The van der Waals surface area contributed by atoms with Gasteiger partial charge in [-0.05, 0) is 71.8 Å². The molecule has 0 aliphatic heterocycles. The standard InChI is InChI=1S/C17H19ClINO/c1-3-10-21-15-7-4-13(5-8-15)12(2)20-17-9-6-14(18)11-16(17)19/h4-9,11-12,20H,3,10H2,1-2H3. The minimum absolute atomic E-state index is 0.222. The Hall–Kier alpha value is -0.940. The summed E-state index contributed by atoms with van der Waals surface area (Å²) in [7, 11) is 0. The second kappa shape index (κ2) is 7.90. The molecular formula is C17H19ClINO. The average molecular weight is 416 g/mol. The lowest BCUT2D eigenvalue weighted by atomic mass is 10.1. The maximum Gasteiger partial charge on any atom is 0.119 e. The van der Waals surface area contributed by atoms with E-state index >= 15 is 0 Å². The first-order valence-corrected chi connectivity index (χ1v) is 8.50. The fourth-order valence-corrected chi connectivity index (χ4v) is 3.02. The lowest BCUT2D eigenvalue weighted by Crippen LogP contribution is -2.07. The number of anilines is 1. The van der Waals surface area contributed by atoms with Crippen LogP contribution < -0.4 is 10.1 Å². The third kappa shape index (κ3) is 4.78. The molecular weight excluding hydrogens is 397 g/mol. The van der Waals surface area contributed by atoms with Gasteiger partial charge < -0.3 is 10.1 Å². The van der Waals surface area contributed by atoms with Crippen molar-refractivity contribution in [1.29, 1.82) is 0 Å². The SMILES string of the molecule is CCCOc1ccc(C(C)Nc2ccc(Cl)cc2I)cc1. The molecule has 0 fully saturated rings. The van der Waals surface area contributed by atoms with Crippen molar-refractivity contribution in [2.75, 3.05) is 11.9 Å². The number of halogens is 2. The Kier molecular flexibility index (Phi) is 6.18. The van der Waals surface area contributed by atoms with Crippen LogP contribution in [0.3, 0.4) is 0 Å².